The topological polar surface area (TPSA) is 0 Å². The summed E-state index contributed by atoms with van der Waals surface area (Å²) in [5, 5.41) is -4.93. The smallest absolute Gasteiger partial charge is 0.0622 e. The number of hydrogen-bond donors (Lipinski definition) is 0. The quantitative estimate of drug-likeness (QED) is 0.188. The second-order valence-electron chi connectivity index (χ2n) is 8.75. The van der Waals surface area contributed by atoms with E-state index < -0.39 is 246 Å². The molecule has 8 aromatic carbocycles. The van der Waals surface area contributed by atoms with E-state index in [2.05, 4.69) is 0 Å². The summed E-state index contributed by atoms with van der Waals surface area (Å²) in [5.41, 5.74) is -6.88. The molecule has 0 spiro atoms. The molecule has 0 heterocycles. The maximum Gasteiger partial charge on any atom is 0.0636 e. The normalized spacial score (nSPS) is 20.7. The minimum Gasteiger partial charge on any atom is -0.0622 e. The summed E-state index contributed by atoms with van der Waals surface area (Å²) in [6, 6.07) is -28.4. The van der Waals surface area contributed by atoms with Crippen molar-refractivity contribution in [2.45, 2.75) is 0 Å². The zero-order valence-electron chi connectivity index (χ0n) is 49.0. The fourth-order valence-electron chi connectivity index (χ4n) is 4.72. The first-order valence-corrected chi connectivity index (χ1v) is 12.2. The molecule has 0 unspecified atom stereocenters. The Morgan fingerprint density at radius 3 is 1.45 bits per heavy atom. The van der Waals surface area contributed by atoms with Gasteiger partial charge in [0.2, 0.25) is 0 Å². The van der Waals surface area contributed by atoms with E-state index in [9.17, 15) is 11.0 Å². The van der Waals surface area contributed by atoms with E-state index in [1.165, 1.54) is 0 Å². The molecule has 0 aliphatic carbocycles. The van der Waals surface area contributed by atoms with Crippen molar-refractivity contribution in [2.24, 2.45) is 0 Å². The van der Waals surface area contributed by atoms with Gasteiger partial charge in [-0.3, -0.25) is 0 Å². The highest BCUT2D eigenvalue weighted by atomic mass is 14.2. The number of benzene rings is 8. The minimum atomic E-state index is -1.14. The van der Waals surface area contributed by atoms with E-state index >= 15 is 0 Å². The molecule has 0 N–H and O–H groups in total. The lowest BCUT2D eigenvalue weighted by Crippen LogP contribution is -1.93. The molecular weight excluding hydrogens is 504 g/mol. The van der Waals surface area contributed by atoms with Crippen LogP contribution in [0.25, 0.3) is 76.8 Å². The Labute approximate surface area is 285 Å². The lowest BCUT2D eigenvalue weighted by Gasteiger charge is -2.20. The number of fused-ring (bicyclic) bond motifs is 3. The van der Waals surface area contributed by atoms with E-state index in [0.717, 1.165) is 0 Å². The van der Waals surface area contributed by atoms with Crippen LogP contribution >= 0.6 is 0 Å². The molecule has 0 aliphatic heterocycles. The molecule has 0 aliphatic rings. The Morgan fingerprint density at radius 1 is 0.286 bits per heavy atom. The van der Waals surface area contributed by atoms with Crippen LogP contribution in [-0.4, -0.2) is 0 Å². The molecule has 0 saturated heterocycles. The van der Waals surface area contributed by atoms with Crippen molar-refractivity contribution in [3.05, 3.63) is 169 Å². The average molecular weight is 561 g/mol. The highest BCUT2D eigenvalue weighted by Gasteiger charge is 2.19. The second-order valence-corrected chi connectivity index (χ2v) is 8.75. The Kier molecular flexibility index (Phi) is 2.19. The summed E-state index contributed by atoms with van der Waals surface area (Å²) < 4.78 is 250. The first-order chi connectivity index (χ1) is 32.5. The summed E-state index contributed by atoms with van der Waals surface area (Å²) in [6.07, 6.45) is 0. The van der Waals surface area contributed by atoms with Gasteiger partial charge in [0.05, 0.1) is 38.4 Å². The number of hydrogen-bond acceptors (Lipinski definition) is 0. The van der Waals surface area contributed by atoms with Crippen LogP contribution in [0.1, 0.15) is 38.4 Å². The van der Waals surface area contributed by atoms with Gasteiger partial charge >= 0.3 is 0 Å². The molecule has 196 valence electrons. The van der Waals surface area contributed by atoms with Crippen LogP contribution in [0.15, 0.2) is 169 Å². The van der Waals surface area contributed by atoms with E-state index in [4.69, 9.17) is 27.4 Å². The van der Waals surface area contributed by atoms with Crippen molar-refractivity contribution in [1.82, 2.24) is 0 Å². The Morgan fingerprint density at radius 2 is 0.786 bits per heavy atom. The van der Waals surface area contributed by atoms with Gasteiger partial charge in [0.25, 0.3) is 0 Å². The Bertz CT molecular complexity index is 3710. The molecule has 42 heavy (non-hydrogen) atoms. The summed E-state index contributed by atoms with van der Waals surface area (Å²) in [7, 11) is 0. The van der Waals surface area contributed by atoms with E-state index in [1.807, 2.05) is 0 Å². The first-order valence-electron chi connectivity index (χ1n) is 26.2. The van der Waals surface area contributed by atoms with Gasteiger partial charge in [0.1, 0.15) is 0 Å². The maximum absolute atomic E-state index is 9.94. The SMILES string of the molecule is [2H]c1c([2H])c([2H])c(-c2c([2H])c(-c3c4c([2H])c([2H])c([2H])c([2H])c4c(-c4c([2H])c([2H])c([2H])c([2H])c4[2H])c4c([2H])c(-c5c([2H])c([2H])c([2H])c([2H])c5[2H])c([2H])c([2H])c34)c3c([2H])c([2H])c([2H])c([2H])c3c2[2H])c([2H])c1[2H]. The second kappa shape index (κ2) is 10.2. The van der Waals surface area contributed by atoms with E-state index in [0.29, 0.717) is 0 Å². The van der Waals surface area contributed by atoms with E-state index in [-0.39, 0.29) is 0 Å². The van der Waals surface area contributed by atoms with Crippen LogP contribution in [0.2, 0.25) is 0 Å². The monoisotopic (exact) mass is 560 g/mol. The van der Waals surface area contributed by atoms with Crippen LogP contribution < -0.4 is 0 Å². The van der Waals surface area contributed by atoms with Crippen molar-refractivity contribution in [1.29, 1.82) is 0 Å². The van der Waals surface area contributed by atoms with Gasteiger partial charge in [0.15, 0.2) is 0 Å². The van der Waals surface area contributed by atoms with Gasteiger partial charge in [-0.2, -0.15) is 0 Å². The van der Waals surface area contributed by atoms with E-state index in [1.54, 1.807) is 0 Å². The number of rotatable bonds is 4. The van der Waals surface area contributed by atoms with Crippen molar-refractivity contribution in [3.8, 4) is 44.5 Å². The molecule has 0 fully saturated rings. The summed E-state index contributed by atoms with van der Waals surface area (Å²) in [5.74, 6) is 0. The molecule has 0 saturated carbocycles. The molecule has 0 atom stereocenters. The third-order valence-electron chi connectivity index (χ3n) is 6.44. The maximum atomic E-state index is 9.94. The van der Waals surface area contributed by atoms with Gasteiger partial charge in [-0.1, -0.05) is 151 Å². The van der Waals surface area contributed by atoms with Crippen molar-refractivity contribution < 1.29 is 38.4 Å². The van der Waals surface area contributed by atoms with Gasteiger partial charge in [-0.05, 0) is 95.0 Å². The molecule has 0 bridgehead atoms. The Hall–Kier alpha value is -5.46. The predicted octanol–water partition coefficient (Wildman–Crippen LogP) is 11.8. The standard InChI is InChI=1S/C42H28/c1-4-14-29(15-5-1)32-24-25-38-40(27-32)41(31-18-8-3-9-19-31)36-22-12-13-23-37(36)42(38)39-28-34(30-16-6-2-7-17-30)26-33-20-10-11-21-35(33)39/h1-28H/i1D,2D,3D,4D,5D,6D,7D,8D,9D,10D,11D,12D,13D,14D,15D,16D,17D,18D,19D,20D,21D,22D,23D,24D,25D,26D,27D,28D. The lowest BCUT2D eigenvalue weighted by atomic mass is 9.83. The molecule has 0 nitrogen and oxygen atoms in total. The average Bonchev–Trinajstić information content (AvgIpc) is 3.33. The van der Waals surface area contributed by atoms with Crippen LogP contribution in [0.3, 0.4) is 0 Å². The molecule has 8 aromatic rings. The lowest BCUT2D eigenvalue weighted by molar-refractivity contribution is 1.62. The third-order valence-corrected chi connectivity index (χ3v) is 6.44. The minimum absolute atomic E-state index is 0.782. The highest BCUT2D eigenvalue weighted by molar-refractivity contribution is 6.24. The summed E-state index contributed by atoms with van der Waals surface area (Å²) in [4.78, 5) is 0. The van der Waals surface area contributed by atoms with Crippen LogP contribution in [0.5, 0.6) is 0 Å². The zero-order valence-corrected chi connectivity index (χ0v) is 21.0. The van der Waals surface area contributed by atoms with Crippen molar-refractivity contribution in [2.75, 3.05) is 0 Å². The van der Waals surface area contributed by atoms with Crippen molar-refractivity contribution >= 4 is 32.3 Å². The van der Waals surface area contributed by atoms with Gasteiger partial charge in [-0.25, -0.2) is 0 Å². The molecule has 0 radical (unpaired) electrons. The van der Waals surface area contributed by atoms with Crippen LogP contribution in [0, 0.1) is 0 Å². The Balaban J connectivity index is 1.87. The largest absolute Gasteiger partial charge is 0.0636 e. The summed E-state index contributed by atoms with van der Waals surface area (Å²) >= 11 is 0. The molecule has 8 rings (SSSR count). The van der Waals surface area contributed by atoms with Crippen molar-refractivity contribution in [3.63, 3.8) is 0 Å². The van der Waals surface area contributed by atoms with Crippen LogP contribution in [0.4, 0.5) is 0 Å². The zero-order chi connectivity index (χ0) is 52.2. The molecule has 0 amide bonds. The third kappa shape index (κ3) is 4.08. The fraction of sp³-hybridized carbons (Fsp3) is 0. The predicted molar refractivity (Wildman–Crippen MR) is 181 cm³/mol. The highest BCUT2D eigenvalue weighted by Crippen LogP contribution is 2.47. The molecule has 0 aromatic heterocycles. The van der Waals surface area contributed by atoms with Gasteiger partial charge in [0, 0.05) is 0 Å². The summed E-state index contributed by atoms with van der Waals surface area (Å²) in [6.45, 7) is 0. The first kappa shape index (κ1) is 9.02. The fourth-order valence-corrected chi connectivity index (χ4v) is 4.72. The molecule has 0 heteroatoms. The molecular formula is C42H28. The van der Waals surface area contributed by atoms with Crippen LogP contribution in [-0.2, 0) is 0 Å². The van der Waals surface area contributed by atoms with Gasteiger partial charge in [-0.15, -0.1) is 0 Å². The van der Waals surface area contributed by atoms with Gasteiger partial charge < -0.3 is 0 Å².